The second kappa shape index (κ2) is 11.9. The standard InChI is InChI=1S/C19H37N7O/c1-16-23-24-18(26(16)3)15-21-19(22-17-9-6-5-7-10-17)20-11-13-25(2)12-8-14-27-4/h17H,5-15H2,1-4H3,(H2,20,21,22). The first-order chi connectivity index (χ1) is 13.1. The molecule has 1 aliphatic rings. The van der Waals surface area contributed by atoms with Gasteiger partial charge in [0.25, 0.3) is 0 Å². The minimum Gasteiger partial charge on any atom is -0.385 e. The van der Waals surface area contributed by atoms with Crippen molar-refractivity contribution in [1.82, 2.24) is 30.3 Å². The molecular formula is C19H37N7O. The third-order valence-corrected chi connectivity index (χ3v) is 5.18. The third-order valence-electron chi connectivity index (χ3n) is 5.18. The zero-order valence-electron chi connectivity index (χ0n) is 17.5. The number of aliphatic imine (C=N–C) groups is 1. The summed E-state index contributed by atoms with van der Waals surface area (Å²) >= 11 is 0. The van der Waals surface area contributed by atoms with Gasteiger partial charge in [0.15, 0.2) is 11.8 Å². The van der Waals surface area contributed by atoms with E-state index in [9.17, 15) is 0 Å². The summed E-state index contributed by atoms with van der Waals surface area (Å²) in [6.45, 7) is 6.17. The number of aromatic nitrogens is 3. The van der Waals surface area contributed by atoms with Gasteiger partial charge in [0.1, 0.15) is 12.4 Å². The number of methoxy groups -OCH3 is 1. The van der Waals surface area contributed by atoms with Gasteiger partial charge in [-0.1, -0.05) is 19.3 Å². The lowest BCUT2D eigenvalue weighted by atomic mass is 9.96. The molecule has 0 spiro atoms. The van der Waals surface area contributed by atoms with Crippen molar-refractivity contribution in [3.8, 4) is 0 Å². The van der Waals surface area contributed by atoms with Crippen molar-refractivity contribution in [2.45, 2.75) is 58.0 Å². The van der Waals surface area contributed by atoms with Crippen LogP contribution >= 0.6 is 0 Å². The minimum absolute atomic E-state index is 0.519. The van der Waals surface area contributed by atoms with Crippen LogP contribution in [0.5, 0.6) is 0 Å². The maximum atomic E-state index is 5.12. The molecule has 0 atom stereocenters. The molecule has 1 aromatic rings. The maximum Gasteiger partial charge on any atom is 0.191 e. The second-order valence-corrected chi connectivity index (χ2v) is 7.44. The lowest BCUT2D eigenvalue weighted by Gasteiger charge is -2.25. The van der Waals surface area contributed by atoms with E-state index < -0.39 is 0 Å². The molecule has 1 fully saturated rings. The second-order valence-electron chi connectivity index (χ2n) is 7.44. The Hall–Kier alpha value is -1.67. The number of rotatable bonds is 10. The van der Waals surface area contributed by atoms with Crippen LogP contribution in [0.25, 0.3) is 0 Å². The first-order valence-electron chi connectivity index (χ1n) is 10.2. The molecule has 1 saturated carbocycles. The van der Waals surface area contributed by atoms with E-state index in [1.807, 2.05) is 18.5 Å². The molecule has 1 heterocycles. The van der Waals surface area contributed by atoms with Crippen LogP contribution in [0.1, 0.15) is 50.2 Å². The van der Waals surface area contributed by atoms with Crippen molar-refractivity contribution in [2.75, 3.05) is 40.4 Å². The Morgan fingerprint density at radius 1 is 1.26 bits per heavy atom. The fourth-order valence-electron chi connectivity index (χ4n) is 3.29. The average molecular weight is 380 g/mol. The Bertz CT molecular complexity index is 566. The van der Waals surface area contributed by atoms with Crippen LogP contribution in [0.2, 0.25) is 0 Å². The number of nitrogens with zero attached hydrogens (tertiary/aromatic N) is 5. The Balaban J connectivity index is 1.86. The van der Waals surface area contributed by atoms with Gasteiger partial charge in [-0.15, -0.1) is 10.2 Å². The quantitative estimate of drug-likeness (QED) is 0.364. The van der Waals surface area contributed by atoms with E-state index >= 15 is 0 Å². The molecule has 0 unspecified atom stereocenters. The van der Waals surface area contributed by atoms with Crippen molar-refractivity contribution in [3.63, 3.8) is 0 Å². The van der Waals surface area contributed by atoms with E-state index in [1.54, 1.807) is 7.11 Å². The molecule has 0 aromatic carbocycles. The summed E-state index contributed by atoms with van der Waals surface area (Å²) in [6.07, 6.45) is 7.45. The van der Waals surface area contributed by atoms with Crippen LogP contribution in [0.4, 0.5) is 0 Å². The van der Waals surface area contributed by atoms with Crippen LogP contribution in [-0.4, -0.2) is 72.1 Å². The summed E-state index contributed by atoms with van der Waals surface area (Å²) in [7, 11) is 5.88. The van der Waals surface area contributed by atoms with Crippen molar-refractivity contribution < 1.29 is 4.74 Å². The molecule has 2 N–H and O–H groups in total. The molecular weight excluding hydrogens is 342 g/mol. The number of ether oxygens (including phenoxy) is 1. The Morgan fingerprint density at radius 3 is 2.70 bits per heavy atom. The van der Waals surface area contributed by atoms with Crippen molar-refractivity contribution in [2.24, 2.45) is 12.0 Å². The van der Waals surface area contributed by atoms with Gasteiger partial charge in [-0.05, 0) is 33.2 Å². The van der Waals surface area contributed by atoms with Crippen molar-refractivity contribution in [3.05, 3.63) is 11.6 Å². The normalized spacial score (nSPS) is 16.1. The van der Waals surface area contributed by atoms with Gasteiger partial charge in [-0.3, -0.25) is 0 Å². The lowest BCUT2D eigenvalue weighted by Crippen LogP contribution is -2.46. The highest BCUT2D eigenvalue weighted by Gasteiger charge is 2.15. The van der Waals surface area contributed by atoms with Gasteiger partial charge >= 0.3 is 0 Å². The Labute approximate surface area is 163 Å². The van der Waals surface area contributed by atoms with E-state index in [1.165, 1.54) is 32.1 Å². The highest BCUT2D eigenvalue weighted by Crippen LogP contribution is 2.17. The van der Waals surface area contributed by atoms with E-state index in [4.69, 9.17) is 9.73 Å². The number of hydrogen-bond donors (Lipinski definition) is 2. The van der Waals surface area contributed by atoms with Gasteiger partial charge in [0, 0.05) is 46.4 Å². The SMILES string of the molecule is COCCCN(C)CCNC(=NCc1nnc(C)n1C)NC1CCCCC1. The van der Waals surface area contributed by atoms with E-state index in [0.29, 0.717) is 12.6 Å². The van der Waals surface area contributed by atoms with Crippen LogP contribution in [-0.2, 0) is 18.3 Å². The monoisotopic (exact) mass is 379 g/mol. The van der Waals surface area contributed by atoms with Gasteiger partial charge in [-0.25, -0.2) is 4.99 Å². The Morgan fingerprint density at radius 2 is 2.04 bits per heavy atom. The molecule has 0 aliphatic heterocycles. The summed E-state index contributed by atoms with van der Waals surface area (Å²) in [5.74, 6) is 2.68. The maximum absolute atomic E-state index is 5.12. The summed E-state index contributed by atoms with van der Waals surface area (Å²) < 4.78 is 7.11. The molecule has 27 heavy (non-hydrogen) atoms. The zero-order valence-corrected chi connectivity index (χ0v) is 17.5. The van der Waals surface area contributed by atoms with Crippen LogP contribution in [0, 0.1) is 6.92 Å². The van der Waals surface area contributed by atoms with Gasteiger partial charge in [0.05, 0.1) is 0 Å². The predicted octanol–water partition coefficient (Wildman–Crippen LogP) is 1.46. The smallest absolute Gasteiger partial charge is 0.191 e. The number of aryl methyl sites for hydroxylation is 1. The number of guanidine groups is 1. The highest BCUT2D eigenvalue weighted by molar-refractivity contribution is 5.80. The average Bonchev–Trinajstić information content (AvgIpc) is 2.99. The lowest BCUT2D eigenvalue weighted by molar-refractivity contribution is 0.180. The molecule has 0 amide bonds. The first-order valence-corrected chi connectivity index (χ1v) is 10.2. The van der Waals surface area contributed by atoms with E-state index in [0.717, 1.165) is 50.3 Å². The highest BCUT2D eigenvalue weighted by atomic mass is 16.5. The molecule has 2 rings (SSSR count). The molecule has 8 nitrogen and oxygen atoms in total. The van der Waals surface area contributed by atoms with Crippen LogP contribution in [0.3, 0.4) is 0 Å². The zero-order chi connectivity index (χ0) is 19.5. The molecule has 0 radical (unpaired) electrons. The van der Waals surface area contributed by atoms with Gasteiger partial charge in [0.2, 0.25) is 0 Å². The molecule has 0 saturated heterocycles. The fraction of sp³-hybridized carbons (Fsp3) is 0.842. The summed E-state index contributed by atoms with van der Waals surface area (Å²) in [4.78, 5) is 7.08. The molecule has 0 bridgehead atoms. The summed E-state index contributed by atoms with van der Waals surface area (Å²) in [5.41, 5.74) is 0. The van der Waals surface area contributed by atoms with Gasteiger partial charge < -0.3 is 24.8 Å². The van der Waals surface area contributed by atoms with Crippen LogP contribution < -0.4 is 10.6 Å². The summed E-state index contributed by atoms with van der Waals surface area (Å²) in [6, 6.07) is 0.519. The Kier molecular flexibility index (Phi) is 9.55. The van der Waals surface area contributed by atoms with E-state index in [2.05, 4.69) is 32.8 Å². The third kappa shape index (κ3) is 7.84. The molecule has 8 heteroatoms. The largest absolute Gasteiger partial charge is 0.385 e. The van der Waals surface area contributed by atoms with E-state index in [-0.39, 0.29) is 0 Å². The predicted molar refractivity (Wildman–Crippen MR) is 109 cm³/mol. The number of nitrogens with one attached hydrogen (secondary N) is 2. The molecule has 1 aromatic heterocycles. The first kappa shape index (κ1) is 21.6. The van der Waals surface area contributed by atoms with Crippen molar-refractivity contribution in [1.29, 1.82) is 0 Å². The van der Waals surface area contributed by atoms with Gasteiger partial charge in [-0.2, -0.15) is 0 Å². The topological polar surface area (TPSA) is 79.6 Å². The summed E-state index contributed by atoms with van der Waals surface area (Å²) in [5, 5.41) is 15.4. The number of likely N-dealkylation sites (N-methyl/N-ethyl adjacent to an activating group) is 1. The molecule has 1 aliphatic carbocycles. The fourth-order valence-corrected chi connectivity index (χ4v) is 3.29. The molecule has 154 valence electrons. The minimum atomic E-state index is 0.519. The van der Waals surface area contributed by atoms with Crippen LogP contribution in [0.15, 0.2) is 4.99 Å². The van der Waals surface area contributed by atoms with Crippen molar-refractivity contribution >= 4 is 5.96 Å². The number of hydrogen-bond acceptors (Lipinski definition) is 5.